The molecule has 3 heteroatoms. The molecule has 0 spiro atoms. The Morgan fingerprint density at radius 3 is 3.00 bits per heavy atom. The van der Waals surface area contributed by atoms with E-state index >= 15 is 0 Å². The summed E-state index contributed by atoms with van der Waals surface area (Å²) < 4.78 is 10.4. The third-order valence-electron chi connectivity index (χ3n) is 1.84. The molecule has 1 aliphatic rings. The maximum atomic E-state index is 11.3. The first kappa shape index (κ1) is 9.26. The number of carbonyl (C=O) groups is 1. The van der Waals surface area contributed by atoms with Crippen molar-refractivity contribution < 1.29 is 14.3 Å². The Bertz CT molecular complexity index is 206. The molecule has 1 rings (SSSR count). The van der Waals surface area contributed by atoms with E-state index in [4.69, 9.17) is 9.47 Å². The Balaban J connectivity index is 2.68. The predicted octanol–water partition coefficient (Wildman–Crippen LogP) is 1.29. The van der Waals surface area contributed by atoms with Crippen LogP contribution >= 0.6 is 0 Å². The maximum absolute atomic E-state index is 11.3. The SMILES string of the molecule is CCO/C(C)=C1/COCCC1=O. The number of ether oxygens (including phenoxy) is 2. The van der Waals surface area contributed by atoms with Gasteiger partial charge in [0, 0.05) is 6.42 Å². The maximum Gasteiger partial charge on any atom is 0.166 e. The first-order valence-electron chi connectivity index (χ1n) is 4.19. The van der Waals surface area contributed by atoms with E-state index in [0.29, 0.717) is 37.6 Å². The summed E-state index contributed by atoms with van der Waals surface area (Å²) in [5.74, 6) is 0.870. The van der Waals surface area contributed by atoms with Crippen LogP contribution in [0.5, 0.6) is 0 Å². The topological polar surface area (TPSA) is 35.5 Å². The third kappa shape index (κ3) is 2.08. The molecule has 0 aromatic heterocycles. The molecule has 0 bridgehead atoms. The molecule has 3 nitrogen and oxygen atoms in total. The van der Waals surface area contributed by atoms with Crippen LogP contribution in [0.15, 0.2) is 11.3 Å². The zero-order chi connectivity index (χ0) is 8.97. The van der Waals surface area contributed by atoms with E-state index in [1.54, 1.807) is 0 Å². The van der Waals surface area contributed by atoms with Gasteiger partial charge in [-0.05, 0) is 13.8 Å². The molecule has 0 aromatic carbocycles. The zero-order valence-electron chi connectivity index (χ0n) is 7.55. The second-order valence-electron chi connectivity index (χ2n) is 2.69. The van der Waals surface area contributed by atoms with Gasteiger partial charge in [0.15, 0.2) is 5.78 Å². The summed E-state index contributed by atoms with van der Waals surface area (Å²) in [5, 5.41) is 0. The minimum atomic E-state index is 0.159. The predicted molar refractivity (Wildman–Crippen MR) is 44.8 cm³/mol. The summed E-state index contributed by atoms with van der Waals surface area (Å²) in [6.45, 7) is 5.26. The summed E-state index contributed by atoms with van der Waals surface area (Å²) in [4.78, 5) is 11.3. The Morgan fingerprint density at radius 1 is 1.67 bits per heavy atom. The summed E-state index contributed by atoms with van der Waals surface area (Å²) >= 11 is 0. The van der Waals surface area contributed by atoms with E-state index in [9.17, 15) is 4.79 Å². The van der Waals surface area contributed by atoms with Gasteiger partial charge < -0.3 is 9.47 Å². The fourth-order valence-electron chi connectivity index (χ4n) is 1.17. The summed E-state index contributed by atoms with van der Waals surface area (Å²) in [6.07, 6.45) is 0.486. The first-order valence-corrected chi connectivity index (χ1v) is 4.19. The standard InChI is InChI=1S/C9H14O3/c1-3-12-7(2)8-6-11-5-4-9(8)10/h3-6H2,1-2H3/b8-7-. The van der Waals surface area contributed by atoms with E-state index < -0.39 is 0 Å². The van der Waals surface area contributed by atoms with Crippen molar-refractivity contribution >= 4 is 5.78 Å². The van der Waals surface area contributed by atoms with Crippen molar-refractivity contribution in [2.75, 3.05) is 19.8 Å². The minimum absolute atomic E-state index is 0.159. The van der Waals surface area contributed by atoms with Gasteiger partial charge >= 0.3 is 0 Å². The quantitative estimate of drug-likeness (QED) is 0.462. The van der Waals surface area contributed by atoms with E-state index in [1.165, 1.54) is 0 Å². The molecular weight excluding hydrogens is 156 g/mol. The zero-order valence-corrected chi connectivity index (χ0v) is 7.55. The molecule has 1 saturated heterocycles. The molecule has 1 fully saturated rings. The summed E-state index contributed by atoms with van der Waals surface area (Å²) in [6, 6.07) is 0. The molecule has 68 valence electrons. The van der Waals surface area contributed by atoms with Gasteiger partial charge in [-0.15, -0.1) is 0 Å². The fraction of sp³-hybridized carbons (Fsp3) is 0.667. The summed E-state index contributed by atoms with van der Waals surface area (Å²) in [5.41, 5.74) is 0.697. The minimum Gasteiger partial charge on any atom is -0.498 e. The number of rotatable bonds is 2. The number of hydrogen-bond acceptors (Lipinski definition) is 3. The van der Waals surface area contributed by atoms with Crippen LogP contribution in [-0.2, 0) is 14.3 Å². The normalized spacial score (nSPS) is 22.3. The lowest BCUT2D eigenvalue weighted by molar-refractivity contribution is -0.119. The molecule has 0 amide bonds. The Hall–Kier alpha value is -0.830. The number of carbonyl (C=O) groups excluding carboxylic acids is 1. The fourth-order valence-corrected chi connectivity index (χ4v) is 1.17. The Kier molecular flexibility index (Phi) is 3.29. The van der Waals surface area contributed by atoms with Gasteiger partial charge in [-0.25, -0.2) is 0 Å². The molecule has 0 aliphatic carbocycles. The van der Waals surface area contributed by atoms with Gasteiger partial charge in [0.05, 0.1) is 25.4 Å². The van der Waals surface area contributed by atoms with Crippen molar-refractivity contribution in [2.24, 2.45) is 0 Å². The van der Waals surface area contributed by atoms with Crippen molar-refractivity contribution in [1.82, 2.24) is 0 Å². The number of Topliss-reactive ketones (excluding diaryl/α,β-unsaturated/α-hetero) is 1. The number of allylic oxidation sites excluding steroid dienone is 1. The molecule has 0 unspecified atom stereocenters. The highest BCUT2D eigenvalue weighted by Gasteiger charge is 2.18. The van der Waals surface area contributed by atoms with Crippen molar-refractivity contribution in [3.63, 3.8) is 0 Å². The highest BCUT2D eigenvalue weighted by atomic mass is 16.5. The highest BCUT2D eigenvalue weighted by molar-refractivity contribution is 5.96. The summed E-state index contributed by atoms with van der Waals surface area (Å²) in [7, 11) is 0. The van der Waals surface area contributed by atoms with Crippen LogP contribution < -0.4 is 0 Å². The lowest BCUT2D eigenvalue weighted by Gasteiger charge is -2.16. The first-order chi connectivity index (χ1) is 5.75. The Labute approximate surface area is 72.4 Å². The molecule has 1 heterocycles. The molecule has 0 aromatic rings. The van der Waals surface area contributed by atoms with Gasteiger partial charge in [0.2, 0.25) is 0 Å². The van der Waals surface area contributed by atoms with Gasteiger partial charge in [-0.2, -0.15) is 0 Å². The average Bonchev–Trinajstić information content (AvgIpc) is 2.05. The number of ketones is 1. The second-order valence-corrected chi connectivity index (χ2v) is 2.69. The molecular formula is C9H14O3. The molecule has 0 atom stereocenters. The molecule has 12 heavy (non-hydrogen) atoms. The van der Waals surface area contributed by atoms with Crippen LogP contribution in [0, 0.1) is 0 Å². The molecule has 0 saturated carbocycles. The second kappa shape index (κ2) is 4.26. The lowest BCUT2D eigenvalue weighted by Crippen LogP contribution is -2.20. The average molecular weight is 170 g/mol. The molecule has 0 N–H and O–H groups in total. The number of hydrogen-bond donors (Lipinski definition) is 0. The monoisotopic (exact) mass is 170 g/mol. The molecule has 0 radical (unpaired) electrons. The van der Waals surface area contributed by atoms with Gasteiger partial charge in [-0.3, -0.25) is 4.79 Å². The van der Waals surface area contributed by atoms with Gasteiger partial charge in [0.1, 0.15) is 5.76 Å². The van der Waals surface area contributed by atoms with Crippen molar-refractivity contribution in [3.8, 4) is 0 Å². The van der Waals surface area contributed by atoms with E-state index in [1.807, 2.05) is 13.8 Å². The van der Waals surface area contributed by atoms with E-state index in [0.717, 1.165) is 0 Å². The van der Waals surface area contributed by atoms with E-state index in [-0.39, 0.29) is 5.78 Å². The van der Waals surface area contributed by atoms with Crippen molar-refractivity contribution in [1.29, 1.82) is 0 Å². The van der Waals surface area contributed by atoms with Crippen LogP contribution in [0.1, 0.15) is 20.3 Å². The van der Waals surface area contributed by atoms with Gasteiger partial charge in [-0.1, -0.05) is 0 Å². The Morgan fingerprint density at radius 2 is 2.42 bits per heavy atom. The molecule has 1 aliphatic heterocycles. The van der Waals surface area contributed by atoms with Crippen LogP contribution in [0.25, 0.3) is 0 Å². The van der Waals surface area contributed by atoms with Gasteiger partial charge in [0.25, 0.3) is 0 Å². The van der Waals surface area contributed by atoms with Crippen molar-refractivity contribution in [2.45, 2.75) is 20.3 Å². The highest BCUT2D eigenvalue weighted by Crippen LogP contribution is 2.13. The van der Waals surface area contributed by atoms with E-state index in [2.05, 4.69) is 0 Å². The van der Waals surface area contributed by atoms with Crippen LogP contribution in [0.2, 0.25) is 0 Å². The van der Waals surface area contributed by atoms with Crippen LogP contribution in [0.3, 0.4) is 0 Å². The van der Waals surface area contributed by atoms with Crippen LogP contribution in [-0.4, -0.2) is 25.6 Å². The third-order valence-corrected chi connectivity index (χ3v) is 1.84. The smallest absolute Gasteiger partial charge is 0.166 e. The van der Waals surface area contributed by atoms with Crippen molar-refractivity contribution in [3.05, 3.63) is 11.3 Å². The largest absolute Gasteiger partial charge is 0.498 e. The van der Waals surface area contributed by atoms with Crippen LogP contribution in [0.4, 0.5) is 0 Å². The lowest BCUT2D eigenvalue weighted by atomic mass is 10.1.